The van der Waals surface area contributed by atoms with Gasteiger partial charge in [-0.2, -0.15) is 0 Å². The van der Waals surface area contributed by atoms with E-state index in [-0.39, 0.29) is 23.9 Å². The van der Waals surface area contributed by atoms with Gasteiger partial charge in [-0.3, -0.25) is 14.5 Å². The van der Waals surface area contributed by atoms with E-state index in [0.717, 1.165) is 37.3 Å². The van der Waals surface area contributed by atoms with Crippen molar-refractivity contribution < 1.29 is 4.79 Å². The first-order chi connectivity index (χ1) is 12.6. The molecule has 8 nitrogen and oxygen atoms in total. The summed E-state index contributed by atoms with van der Waals surface area (Å²) in [6.07, 6.45) is 5.54. The molecule has 3 aromatic heterocycles. The summed E-state index contributed by atoms with van der Waals surface area (Å²) < 4.78 is 2.49. The number of rotatable bonds is 5. The summed E-state index contributed by atoms with van der Waals surface area (Å²) in [5.41, 5.74) is 5.99. The average molecular weight is 372 g/mol. The number of thiophene rings is 1. The highest BCUT2D eigenvalue weighted by atomic mass is 32.1. The molecule has 136 valence electrons. The van der Waals surface area contributed by atoms with Crippen LogP contribution in [0.3, 0.4) is 0 Å². The zero-order valence-corrected chi connectivity index (χ0v) is 15.0. The Labute approximate surface area is 153 Å². The van der Waals surface area contributed by atoms with Crippen LogP contribution >= 0.6 is 11.3 Å². The second-order valence-corrected chi connectivity index (χ2v) is 7.52. The number of piperidine rings is 1. The highest BCUT2D eigenvalue weighted by Crippen LogP contribution is 2.26. The summed E-state index contributed by atoms with van der Waals surface area (Å²) in [4.78, 5) is 37.6. The van der Waals surface area contributed by atoms with Crippen LogP contribution in [-0.2, 0) is 17.9 Å². The summed E-state index contributed by atoms with van der Waals surface area (Å²) in [5.74, 6) is 1.43. The van der Waals surface area contributed by atoms with Gasteiger partial charge in [0, 0.05) is 24.9 Å². The number of hydrogen-bond donors (Lipinski definition) is 2. The number of primary amides is 1. The minimum atomic E-state index is -0.372. The Morgan fingerprint density at radius 1 is 1.46 bits per heavy atom. The summed E-state index contributed by atoms with van der Waals surface area (Å²) in [5, 5.41) is 1.88. The van der Waals surface area contributed by atoms with Crippen molar-refractivity contribution >= 4 is 27.5 Å². The zero-order chi connectivity index (χ0) is 18.1. The number of imidazole rings is 1. The van der Waals surface area contributed by atoms with Crippen molar-refractivity contribution in [3.63, 3.8) is 0 Å². The van der Waals surface area contributed by atoms with Crippen LogP contribution in [0.25, 0.3) is 10.2 Å². The van der Waals surface area contributed by atoms with Crippen molar-refractivity contribution in [2.24, 2.45) is 5.73 Å². The van der Waals surface area contributed by atoms with Crippen LogP contribution < -0.4 is 11.3 Å². The van der Waals surface area contributed by atoms with Gasteiger partial charge >= 0.3 is 0 Å². The van der Waals surface area contributed by atoms with Gasteiger partial charge in [-0.15, -0.1) is 11.3 Å². The van der Waals surface area contributed by atoms with E-state index in [1.165, 1.54) is 11.3 Å². The lowest BCUT2D eigenvalue weighted by Crippen LogP contribution is -2.36. The molecule has 0 saturated carbocycles. The van der Waals surface area contributed by atoms with E-state index in [0.29, 0.717) is 17.1 Å². The number of nitrogens with two attached hydrogens (primary N) is 1. The molecule has 1 unspecified atom stereocenters. The zero-order valence-electron chi connectivity index (χ0n) is 14.2. The molecule has 1 fully saturated rings. The molecule has 1 aliphatic heterocycles. The van der Waals surface area contributed by atoms with Crippen LogP contribution in [0.15, 0.2) is 28.6 Å². The first-order valence-corrected chi connectivity index (χ1v) is 9.46. The highest BCUT2D eigenvalue weighted by molar-refractivity contribution is 7.17. The van der Waals surface area contributed by atoms with Crippen molar-refractivity contribution in [2.75, 3.05) is 13.1 Å². The van der Waals surface area contributed by atoms with Gasteiger partial charge < -0.3 is 15.3 Å². The molecule has 0 bridgehead atoms. The average Bonchev–Trinajstić information content (AvgIpc) is 3.24. The Bertz CT molecular complexity index is 990. The number of aromatic amines is 1. The molecule has 0 radical (unpaired) electrons. The van der Waals surface area contributed by atoms with E-state index >= 15 is 0 Å². The third kappa shape index (κ3) is 3.40. The molecule has 9 heteroatoms. The number of aromatic nitrogens is 4. The molecule has 1 aliphatic rings. The lowest BCUT2D eigenvalue weighted by atomic mass is 9.97. The van der Waals surface area contributed by atoms with Gasteiger partial charge in [0.05, 0.1) is 12.1 Å². The van der Waals surface area contributed by atoms with E-state index < -0.39 is 0 Å². The van der Waals surface area contributed by atoms with Crippen molar-refractivity contribution in [1.29, 1.82) is 0 Å². The first kappa shape index (κ1) is 16.9. The van der Waals surface area contributed by atoms with Crippen LogP contribution in [0, 0.1) is 0 Å². The number of amides is 1. The Morgan fingerprint density at radius 2 is 2.35 bits per heavy atom. The van der Waals surface area contributed by atoms with E-state index in [1.54, 1.807) is 12.4 Å². The topological polar surface area (TPSA) is 110 Å². The number of hydrogen-bond acceptors (Lipinski definition) is 6. The van der Waals surface area contributed by atoms with E-state index in [1.807, 2.05) is 16.0 Å². The molecule has 3 aromatic rings. The van der Waals surface area contributed by atoms with Gasteiger partial charge in [0.15, 0.2) is 0 Å². The van der Waals surface area contributed by atoms with Crippen LogP contribution in [0.2, 0.25) is 0 Å². The van der Waals surface area contributed by atoms with Crippen molar-refractivity contribution in [3.05, 3.63) is 45.8 Å². The summed E-state index contributed by atoms with van der Waals surface area (Å²) in [7, 11) is 0. The fourth-order valence-corrected chi connectivity index (χ4v) is 4.33. The van der Waals surface area contributed by atoms with Crippen LogP contribution in [0.4, 0.5) is 0 Å². The maximum absolute atomic E-state index is 12.1. The Morgan fingerprint density at radius 3 is 3.19 bits per heavy atom. The Hall–Kier alpha value is -2.52. The number of H-pyrrole nitrogens is 1. The maximum atomic E-state index is 12.1. The van der Waals surface area contributed by atoms with E-state index in [2.05, 4.69) is 19.9 Å². The number of nitrogens with zero attached hydrogens (tertiary/aromatic N) is 4. The van der Waals surface area contributed by atoms with Crippen LogP contribution in [0.5, 0.6) is 0 Å². The van der Waals surface area contributed by atoms with Gasteiger partial charge in [0.1, 0.15) is 22.9 Å². The van der Waals surface area contributed by atoms with Gasteiger partial charge in [0.25, 0.3) is 5.56 Å². The standard InChI is InChI=1S/C17H20N6O2S/c18-13(24)9-23-6-4-19-16(23)11-2-1-5-22(8-11)10-14-20-12-3-7-26-15(12)17(25)21-14/h3-4,6-7,11H,1-2,5,8-10H2,(H2,18,24)(H,20,21,25). The SMILES string of the molecule is NC(=O)Cn1ccnc1C1CCCN(Cc2nc3ccsc3c(=O)[nH]2)C1. The fourth-order valence-electron chi connectivity index (χ4n) is 3.60. The first-order valence-electron chi connectivity index (χ1n) is 8.58. The maximum Gasteiger partial charge on any atom is 0.268 e. The molecule has 0 aromatic carbocycles. The minimum absolute atomic E-state index is 0.0782. The Balaban J connectivity index is 1.50. The highest BCUT2D eigenvalue weighted by Gasteiger charge is 2.25. The lowest BCUT2D eigenvalue weighted by Gasteiger charge is -2.32. The van der Waals surface area contributed by atoms with Crippen molar-refractivity contribution in [3.8, 4) is 0 Å². The third-order valence-corrected chi connectivity index (χ3v) is 5.58. The van der Waals surface area contributed by atoms with Crippen LogP contribution in [0.1, 0.15) is 30.4 Å². The van der Waals surface area contributed by atoms with Gasteiger partial charge in [0.2, 0.25) is 5.91 Å². The molecular formula is C17H20N6O2S. The minimum Gasteiger partial charge on any atom is -0.368 e. The van der Waals surface area contributed by atoms with Gasteiger partial charge in [-0.25, -0.2) is 9.97 Å². The predicted molar refractivity (Wildman–Crippen MR) is 98.9 cm³/mol. The number of carbonyl (C=O) groups is 1. The molecule has 1 atom stereocenters. The normalized spacial score (nSPS) is 18.4. The molecule has 4 rings (SSSR count). The smallest absolute Gasteiger partial charge is 0.268 e. The molecule has 26 heavy (non-hydrogen) atoms. The second-order valence-electron chi connectivity index (χ2n) is 6.60. The molecule has 0 aliphatic carbocycles. The van der Waals surface area contributed by atoms with E-state index in [9.17, 15) is 9.59 Å². The number of carbonyl (C=O) groups excluding carboxylic acids is 1. The quantitative estimate of drug-likeness (QED) is 0.695. The van der Waals surface area contributed by atoms with Crippen molar-refractivity contribution in [2.45, 2.75) is 31.8 Å². The number of likely N-dealkylation sites (tertiary alicyclic amines) is 1. The van der Waals surface area contributed by atoms with Gasteiger partial charge in [-0.05, 0) is 30.8 Å². The molecular weight excluding hydrogens is 352 g/mol. The van der Waals surface area contributed by atoms with Gasteiger partial charge in [-0.1, -0.05) is 0 Å². The summed E-state index contributed by atoms with van der Waals surface area (Å²) in [6, 6.07) is 1.87. The third-order valence-electron chi connectivity index (χ3n) is 4.68. The largest absolute Gasteiger partial charge is 0.368 e. The molecule has 4 heterocycles. The number of nitrogens with one attached hydrogen (secondary N) is 1. The molecule has 0 spiro atoms. The molecule has 3 N–H and O–H groups in total. The Kier molecular flexibility index (Phi) is 4.56. The molecule has 1 saturated heterocycles. The monoisotopic (exact) mass is 372 g/mol. The number of fused-ring (bicyclic) bond motifs is 1. The second kappa shape index (κ2) is 7.00. The van der Waals surface area contributed by atoms with Crippen LogP contribution in [-0.4, -0.2) is 43.4 Å². The predicted octanol–water partition coefficient (Wildman–Crippen LogP) is 1.05. The molecule has 1 amide bonds. The van der Waals surface area contributed by atoms with Crippen molar-refractivity contribution in [1.82, 2.24) is 24.4 Å². The fraction of sp³-hybridized carbons (Fsp3) is 0.412. The lowest BCUT2D eigenvalue weighted by molar-refractivity contribution is -0.118. The summed E-state index contributed by atoms with van der Waals surface area (Å²) in [6.45, 7) is 2.49. The summed E-state index contributed by atoms with van der Waals surface area (Å²) >= 11 is 1.41. The van der Waals surface area contributed by atoms with E-state index in [4.69, 9.17) is 5.73 Å².